The SMILES string of the molecule is N#Cc1ccc(OC[C@H](O)CNCC2(N3CCOCC3)CCCCC2)cc1. The van der Waals surface area contributed by atoms with E-state index in [1.165, 1.54) is 32.1 Å². The molecule has 2 N–H and O–H groups in total. The van der Waals surface area contributed by atoms with E-state index in [4.69, 9.17) is 14.7 Å². The maximum absolute atomic E-state index is 10.3. The topological polar surface area (TPSA) is 77.8 Å². The zero-order valence-electron chi connectivity index (χ0n) is 16.0. The first-order valence-electron chi connectivity index (χ1n) is 10.1. The largest absolute Gasteiger partial charge is 0.491 e. The maximum atomic E-state index is 10.3. The first-order valence-corrected chi connectivity index (χ1v) is 10.1. The Labute approximate surface area is 162 Å². The maximum Gasteiger partial charge on any atom is 0.119 e. The minimum atomic E-state index is -0.564. The summed E-state index contributed by atoms with van der Waals surface area (Å²) in [5, 5.41) is 22.6. The van der Waals surface area contributed by atoms with Crippen LogP contribution in [0.1, 0.15) is 37.7 Å². The number of hydrogen-bond donors (Lipinski definition) is 2. The Bertz CT molecular complexity index is 602. The first-order chi connectivity index (χ1) is 13.2. The third-order valence-electron chi connectivity index (χ3n) is 5.73. The molecule has 1 saturated heterocycles. The van der Waals surface area contributed by atoms with Crippen molar-refractivity contribution in [2.45, 2.75) is 43.7 Å². The molecule has 0 aromatic heterocycles. The second-order valence-electron chi connectivity index (χ2n) is 7.62. The molecule has 1 heterocycles. The third kappa shape index (κ3) is 5.66. The van der Waals surface area contributed by atoms with Gasteiger partial charge in [-0.1, -0.05) is 19.3 Å². The molecule has 27 heavy (non-hydrogen) atoms. The number of ether oxygens (including phenoxy) is 2. The van der Waals surface area contributed by atoms with Crippen LogP contribution >= 0.6 is 0 Å². The average Bonchev–Trinajstić information content (AvgIpc) is 2.74. The molecular formula is C21H31N3O3. The predicted octanol–water partition coefficient (Wildman–Crippen LogP) is 1.92. The van der Waals surface area contributed by atoms with E-state index in [0.29, 0.717) is 17.9 Å². The number of nitrogens with one attached hydrogen (secondary N) is 1. The Balaban J connectivity index is 1.44. The van der Waals surface area contributed by atoms with E-state index in [-0.39, 0.29) is 12.1 Å². The molecular weight excluding hydrogens is 342 g/mol. The summed E-state index contributed by atoms with van der Waals surface area (Å²) in [6.07, 6.45) is 5.77. The Morgan fingerprint density at radius 1 is 1.19 bits per heavy atom. The number of aliphatic hydroxyl groups excluding tert-OH is 1. The highest BCUT2D eigenvalue weighted by atomic mass is 16.5. The molecule has 1 atom stereocenters. The highest BCUT2D eigenvalue weighted by molar-refractivity contribution is 5.34. The fourth-order valence-electron chi connectivity index (χ4n) is 4.20. The molecule has 6 heteroatoms. The van der Waals surface area contributed by atoms with Gasteiger partial charge in [0.15, 0.2) is 0 Å². The average molecular weight is 373 g/mol. The molecule has 2 aliphatic rings. The lowest BCUT2D eigenvalue weighted by Crippen LogP contribution is -2.59. The highest BCUT2D eigenvalue weighted by Crippen LogP contribution is 2.33. The van der Waals surface area contributed by atoms with Gasteiger partial charge in [-0.3, -0.25) is 4.90 Å². The summed E-state index contributed by atoms with van der Waals surface area (Å²) in [5.41, 5.74) is 0.806. The van der Waals surface area contributed by atoms with E-state index < -0.39 is 6.10 Å². The van der Waals surface area contributed by atoms with Crippen LogP contribution < -0.4 is 10.1 Å². The van der Waals surface area contributed by atoms with E-state index in [1.54, 1.807) is 24.3 Å². The number of hydrogen-bond acceptors (Lipinski definition) is 6. The van der Waals surface area contributed by atoms with Crippen molar-refractivity contribution in [2.24, 2.45) is 0 Å². The van der Waals surface area contributed by atoms with Gasteiger partial charge < -0.3 is 19.9 Å². The summed E-state index contributed by atoms with van der Waals surface area (Å²) in [7, 11) is 0. The number of aliphatic hydroxyl groups is 1. The van der Waals surface area contributed by atoms with Gasteiger partial charge in [0.1, 0.15) is 18.5 Å². The van der Waals surface area contributed by atoms with Crippen molar-refractivity contribution in [3.63, 3.8) is 0 Å². The Kier molecular flexibility index (Phi) is 7.48. The van der Waals surface area contributed by atoms with Gasteiger partial charge in [-0.05, 0) is 37.1 Å². The Morgan fingerprint density at radius 3 is 2.56 bits per heavy atom. The lowest BCUT2D eigenvalue weighted by atomic mass is 9.79. The lowest BCUT2D eigenvalue weighted by Gasteiger charge is -2.48. The van der Waals surface area contributed by atoms with Gasteiger partial charge >= 0.3 is 0 Å². The van der Waals surface area contributed by atoms with E-state index in [9.17, 15) is 5.11 Å². The summed E-state index contributed by atoms with van der Waals surface area (Å²) < 4.78 is 11.2. The van der Waals surface area contributed by atoms with Crippen LogP contribution in [0, 0.1) is 11.3 Å². The molecule has 3 rings (SSSR count). The van der Waals surface area contributed by atoms with Crippen LogP contribution in [0.5, 0.6) is 5.75 Å². The normalized spacial score (nSPS) is 21.3. The van der Waals surface area contributed by atoms with E-state index in [1.807, 2.05) is 0 Å². The molecule has 0 bridgehead atoms. The minimum absolute atomic E-state index is 0.204. The summed E-state index contributed by atoms with van der Waals surface area (Å²) >= 11 is 0. The molecule has 1 aliphatic heterocycles. The molecule has 6 nitrogen and oxygen atoms in total. The van der Waals surface area contributed by atoms with Crippen LogP contribution in [0.3, 0.4) is 0 Å². The molecule has 2 fully saturated rings. The smallest absolute Gasteiger partial charge is 0.119 e. The van der Waals surface area contributed by atoms with Gasteiger partial charge in [0.05, 0.1) is 24.8 Å². The first kappa shape index (κ1) is 20.1. The molecule has 148 valence electrons. The van der Waals surface area contributed by atoms with E-state index >= 15 is 0 Å². The van der Waals surface area contributed by atoms with Crippen LogP contribution in [-0.2, 0) is 4.74 Å². The molecule has 0 amide bonds. The lowest BCUT2D eigenvalue weighted by molar-refractivity contribution is -0.0378. The monoisotopic (exact) mass is 373 g/mol. The van der Waals surface area contributed by atoms with Crippen molar-refractivity contribution in [2.75, 3.05) is 46.0 Å². The molecule has 0 unspecified atom stereocenters. The number of rotatable bonds is 8. The van der Waals surface area contributed by atoms with Gasteiger partial charge in [0.2, 0.25) is 0 Å². The Hall–Kier alpha value is -1.65. The van der Waals surface area contributed by atoms with Gasteiger partial charge in [-0.2, -0.15) is 5.26 Å². The van der Waals surface area contributed by atoms with Crippen molar-refractivity contribution >= 4 is 0 Å². The van der Waals surface area contributed by atoms with Crippen molar-refractivity contribution in [3.05, 3.63) is 29.8 Å². The van der Waals surface area contributed by atoms with Gasteiger partial charge in [0, 0.05) is 31.7 Å². The standard InChI is InChI=1S/C21H31N3O3/c22-14-18-4-6-20(7-5-18)27-16-19(25)15-23-17-21(8-2-1-3-9-21)24-10-12-26-13-11-24/h4-7,19,23,25H,1-3,8-13,15-17H2/t19-/m1/s1. The summed E-state index contributed by atoms with van der Waals surface area (Å²) in [5.74, 6) is 0.671. The van der Waals surface area contributed by atoms with E-state index in [0.717, 1.165) is 32.8 Å². The van der Waals surface area contributed by atoms with Crippen molar-refractivity contribution in [3.8, 4) is 11.8 Å². The van der Waals surface area contributed by atoms with Crippen molar-refractivity contribution < 1.29 is 14.6 Å². The molecule has 1 saturated carbocycles. The number of nitrogens with zero attached hydrogens (tertiary/aromatic N) is 2. The highest BCUT2D eigenvalue weighted by Gasteiger charge is 2.38. The van der Waals surface area contributed by atoms with Gasteiger partial charge in [-0.25, -0.2) is 0 Å². The molecule has 1 aromatic carbocycles. The number of morpholine rings is 1. The number of nitriles is 1. The zero-order valence-corrected chi connectivity index (χ0v) is 16.0. The minimum Gasteiger partial charge on any atom is -0.491 e. The third-order valence-corrected chi connectivity index (χ3v) is 5.73. The number of benzene rings is 1. The van der Waals surface area contributed by atoms with Gasteiger partial charge in [0.25, 0.3) is 0 Å². The molecule has 1 aliphatic carbocycles. The molecule has 1 aromatic rings. The summed E-state index contributed by atoms with van der Waals surface area (Å²) in [6, 6.07) is 9.03. The van der Waals surface area contributed by atoms with Crippen molar-refractivity contribution in [1.82, 2.24) is 10.2 Å². The van der Waals surface area contributed by atoms with Crippen LogP contribution in [0.4, 0.5) is 0 Å². The van der Waals surface area contributed by atoms with E-state index in [2.05, 4.69) is 16.3 Å². The molecule has 0 radical (unpaired) electrons. The zero-order chi connectivity index (χ0) is 19.0. The second kappa shape index (κ2) is 10.0. The summed E-state index contributed by atoms with van der Waals surface area (Å²) in [6.45, 7) is 5.32. The fourth-order valence-corrected chi connectivity index (χ4v) is 4.20. The quantitative estimate of drug-likeness (QED) is 0.725. The van der Waals surface area contributed by atoms with Crippen molar-refractivity contribution in [1.29, 1.82) is 5.26 Å². The second-order valence-corrected chi connectivity index (χ2v) is 7.62. The van der Waals surface area contributed by atoms with Crippen LogP contribution in [0.2, 0.25) is 0 Å². The fraction of sp³-hybridized carbons (Fsp3) is 0.667. The van der Waals surface area contributed by atoms with Crippen LogP contribution in [-0.4, -0.2) is 67.6 Å². The van der Waals surface area contributed by atoms with Crippen LogP contribution in [0.15, 0.2) is 24.3 Å². The Morgan fingerprint density at radius 2 is 1.89 bits per heavy atom. The molecule has 0 spiro atoms. The van der Waals surface area contributed by atoms with Crippen LogP contribution in [0.25, 0.3) is 0 Å². The predicted molar refractivity (Wildman–Crippen MR) is 104 cm³/mol. The van der Waals surface area contributed by atoms with Gasteiger partial charge in [-0.15, -0.1) is 0 Å². The summed E-state index contributed by atoms with van der Waals surface area (Å²) in [4.78, 5) is 2.60.